The normalized spacial score (nSPS) is 11.6. The van der Waals surface area contributed by atoms with Gasteiger partial charge in [-0.15, -0.1) is 15.0 Å². The molecule has 1 N–H and O–H groups in total. The second kappa shape index (κ2) is 18.9. The van der Waals surface area contributed by atoms with E-state index in [0.717, 1.165) is 48.0 Å². The summed E-state index contributed by atoms with van der Waals surface area (Å²) in [6.07, 6.45) is 26.4. The third-order valence-electron chi connectivity index (χ3n) is 8.33. The number of phenolic OH excluding ortho intramolecular Hbond substituents is 1. The molecule has 0 atom stereocenters. The minimum absolute atomic E-state index is 0.356. The fourth-order valence-corrected chi connectivity index (χ4v) is 5.75. The van der Waals surface area contributed by atoms with Crippen molar-refractivity contribution < 1.29 is 5.11 Å². The zero-order chi connectivity index (χ0) is 28.4. The van der Waals surface area contributed by atoms with Crippen LogP contribution >= 0.6 is 0 Å². The number of rotatable bonds is 22. The molecule has 0 bridgehead atoms. The van der Waals surface area contributed by atoms with Crippen molar-refractivity contribution in [2.75, 3.05) is 0 Å². The monoisotopic (exact) mass is 547 g/mol. The molecule has 3 rings (SSSR count). The van der Waals surface area contributed by atoms with Gasteiger partial charge < -0.3 is 5.11 Å². The second-order valence-electron chi connectivity index (χ2n) is 12.0. The van der Waals surface area contributed by atoms with E-state index >= 15 is 0 Å². The van der Waals surface area contributed by atoms with Crippen molar-refractivity contribution in [3.63, 3.8) is 0 Å². The number of nitrogens with zero attached hydrogens (tertiary/aromatic N) is 3. The van der Waals surface area contributed by atoms with Crippen LogP contribution in [0.25, 0.3) is 16.7 Å². The molecule has 0 aliphatic rings. The summed E-state index contributed by atoms with van der Waals surface area (Å²) in [5, 5.41) is 21.0. The maximum absolute atomic E-state index is 11.4. The summed E-state index contributed by atoms with van der Waals surface area (Å²) in [5.74, 6) is 0.356. The van der Waals surface area contributed by atoms with Crippen LogP contribution in [0.3, 0.4) is 0 Å². The molecule has 0 aliphatic heterocycles. The SMILES string of the molecule is CCCCCCCCCCc1cc(CCCCCCCCCC)c(O)c(-n2nc3ccc(CCCC)cc3n2)c1. The van der Waals surface area contributed by atoms with Gasteiger partial charge in [-0.05, 0) is 73.4 Å². The topological polar surface area (TPSA) is 50.9 Å². The zero-order valence-electron chi connectivity index (χ0n) is 26.0. The predicted molar refractivity (Wildman–Crippen MR) is 172 cm³/mol. The van der Waals surface area contributed by atoms with Crippen LogP contribution in [0.2, 0.25) is 0 Å². The van der Waals surface area contributed by atoms with Crippen LogP contribution in [-0.2, 0) is 19.3 Å². The van der Waals surface area contributed by atoms with Crippen molar-refractivity contribution in [3.05, 3.63) is 47.0 Å². The third kappa shape index (κ3) is 10.9. The van der Waals surface area contributed by atoms with Gasteiger partial charge in [0.05, 0.1) is 0 Å². The lowest BCUT2D eigenvalue weighted by Crippen LogP contribution is -2.03. The van der Waals surface area contributed by atoms with Crippen molar-refractivity contribution in [3.8, 4) is 11.4 Å². The summed E-state index contributed by atoms with van der Waals surface area (Å²) >= 11 is 0. The molecule has 1 aromatic heterocycles. The van der Waals surface area contributed by atoms with Gasteiger partial charge in [0.1, 0.15) is 22.5 Å². The molecule has 222 valence electrons. The number of aryl methyl sites for hydroxylation is 3. The Kier molecular flexibility index (Phi) is 15.2. The van der Waals surface area contributed by atoms with Gasteiger partial charge >= 0.3 is 0 Å². The number of aromatic hydroxyl groups is 1. The van der Waals surface area contributed by atoms with Gasteiger partial charge in [0.2, 0.25) is 0 Å². The summed E-state index contributed by atoms with van der Waals surface area (Å²) in [4.78, 5) is 1.68. The van der Waals surface area contributed by atoms with Crippen LogP contribution in [0.4, 0.5) is 0 Å². The largest absolute Gasteiger partial charge is 0.505 e. The molecule has 4 heteroatoms. The molecule has 4 nitrogen and oxygen atoms in total. The lowest BCUT2D eigenvalue weighted by atomic mass is 9.98. The molecule has 2 aromatic carbocycles. The molecule has 0 aliphatic carbocycles. The molecule has 0 amide bonds. The second-order valence-corrected chi connectivity index (χ2v) is 12.0. The van der Waals surface area contributed by atoms with Crippen LogP contribution in [0.5, 0.6) is 5.75 Å². The molecule has 0 saturated heterocycles. The van der Waals surface area contributed by atoms with E-state index in [0.29, 0.717) is 5.75 Å². The Morgan fingerprint density at radius 2 is 1.05 bits per heavy atom. The van der Waals surface area contributed by atoms with Gasteiger partial charge in [-0.2, -0.15) is 0 Å². The van der Waals surface area contributed by atoms with Gasteiger partial charge in [0, 0.05) is 0 Å². The predicted octanol–water partition coefficient (Wildman–Crippen LogP) is 10.8. The first-order valence-corrected chi connectivity index (χ1v) is 16.9. The molecule has 40 heavy (non-hydrogen) atoms. The van der Waals surface area contributed by atoms with Crippen LogP contribution < -0.4 is 0 Å². The Morgan fingerprint density at radius 3 is 1.68 bits per heavy atom. The third-order valence-corrected chi connectivity index (χ3v) is 8.33. The van der Waals surface area contributed by atoms with E-state index in [1.807, 2.05) is 0 Å². The number of phenols is 1. The highest BCUT2D eigenvalue weighted by Gasteiger charge is 2.15. The Morgan fingerprint density at radius 1 is 0.525 bits per heavy atom. The molecule has 0 radical (unpaired) electrons. The molecule has 0 spiro atoms. The Labute approximate surface area is 245 Å². The van der Waals surface area contributed by atoms with E-state index in [4.69, 9.17) is 10.2 Å². The van der Waals surface area contributed by atoms with Gasteiger partial charge in [-0.1, -0.05) is 129 Å². The minimum atomic E-state index is 0.356. The van der Waals surface area contributed by atoms with E-state index < -0.39 is 0 Å². The molecule has 1 heterocycles. The van der Waals surface area contributed by atoms with Crippen LogP contribution in [0, 0.1) is 0 Å². The fraction of sp³-hybridized carbons (Fsp3) is 0.667. The van der Waals surface area contributed by atoms with Crippen molar-refractivity contribution in [1.29, 1.82) is 0 Å². The van der Waals surface area contributed by atoms with E-state index in [9.17, 15) is 5.11 Å². The summed E-state index contributed by atoms with van der Waals surface area (Å²) < 4.78 is 0. The minimum Gasteiger partial charge on any atom is -0.505 e. The first-order valence-electron chi connectivity index (χ1n) is 16.9. The molecular weight excluding hydrogens is 490 g/mol. The fourth-order valence-electron chi connectivity index (χ4n) is 5.75. The van der Waals surface area contributed by atoms with Crippen molar-refractivity contribution >= 4 is 11.0 Å². The van der Waals surface area contributed by atoms with Gasteiger partial charge in [-0.25, -0.2) is 0 Å². The maximum Gasteiger partial charge on any atom is 0.146 e. The Balaban J connectivity index is 1.68. The molecule has 0 unspecified atom stereocenters. The van der Waals surface area contributed by atoms with Crippen molar-refractivity contribution in [2.45, 2.75) is 156 Å². The maximum atomic E-state index is 11.4. The lowest BCUT2D eigenvalue weighted by Gasteiger charge is -2.13. The van der Waals surface area contributed by atoms with Crippen molar-refractivity contribution in [1.82, 2.24) is 15.0 Å². The van der Waals surface area contributed by atoms with Crippen molar-refractivity contribution in [2.24, 2.45) is 0 Å². The molecular formula is C36H57N3O. The van der Waals surface area contributed by atoms with E-state index in [-0.39, 0.29) is 0 Å². The smallest absolute Gasteiger partial charge is 0.146 e. The quantitative estimate of drug-likeness (QED) is 0.127. The highest BCUT2D eigenvalue weighted by atomic mass is 16.3. The zero-order valence-corrected chi connectivity index (χ0v) is 26.0. The number of unbranched alkanes of at least 4 members (excludes halogenated alkanes) is 15. The van der Waals surface area contributed by atoms with E-state index in [2.05, 4.69) is 51.1 Å². The highest BCUT2D eigenvalue weighted by molar-refractivity contribution is 5.75. The summed E-state index contributed by atoms with van der Waals surface area (Å²) in [7, 11) is 0. The Bertz CT molecular complexity index is 1100. The highest BCUT2D eigenvalue weighted by Crippen LogP contribution is 2.31. The first kappa shape index (κ1) is 32.2. The first-order chi connectivity index (χ1) is 19.7. The average Bonchev–Trinajstić information content (AvgIpc) is 3.39. The van der Waals surface area contributed by atoms with Gasteiger partial charge in [0.25, 0.3) is 0 Å². The molecule has 0 fully saturated rings. The van der Waals surface area contributed by atoms with E-state index in [1.54, 1.807) is 4.80 Å². The summed E-state index contributed by atoms with van der Waals surface area (Å²) in [6.45, 7) is 6.78. The van der Waals surface area contributed by atoms with E-state index in [1.165, 1.54) is 120 Å². The number of benzene rings is 2. The number of hydrogen-bond donors (Lipinski definition) is 1. The van der Waals surface area contributed by atoms with Crippen LogP contribution in [0.15, 0.2) is 30.3 Å². The average molecular weight is 548 g/mol. The molecule has 0 saturated carbocycles. The molecule has 3 aromatic rings. The number of hydrogen-bond acceptors (Lipinski definition) is 3. The summed E-state index contributed by atoms with van der Waals surface area (Å²) in [5.41, 5.74) is 6.20. The number of aromatic nitrogens is 3. The van der Waals surface area contributed by atoms with Crippen LogP contribution in [0.1, 0.15) is 153 Å². The summed E-state index contributed by atoms with van der Waals surface area (Å²) in [6, 6.07) is 10.8. The number of fused-ring (bicyclic) bond motifs is 1. The Hall–Kier alpha value is -2.36. The van der Waals surface area contributed by atoms with Gasteiger partial charge in [0.15, 0.2) is 0 Å². The van der Waals surface area contributed by atoms with Gasteiger partial charge in [-0.3, -0.25) is 0 Å². The standard InChI is InChI=1S/C36H57N3O/c1-4-7-10-12-14-16-18-20-23-31-27-32(24-21-19-17-15-13-11-8-5-2)36(40)35(29-31)39-37-33-26-25-30(22-9-6-3)28-34(33)38-39/h25-29,40H,4-24H2,1-3H3. The lowest BCUT2D eigenvalue weighted by molar-refractivity contribution is 0.458. The van der Waals surface area contributed by atoms with Crippen LogP contribution in [-0.4, -0.2) is 20.1 Å².